The van der Waals surface area contributed by atoms with Gasteiger partial charge in [-0.15, -0.1) is 0 Å². The number of hydrogen-bond acceptors (Lipinski definition) is 0. The highest BCUT2D eigenvalue weighted by Gasteiger charge is 2.22. The van der Waals surface area contributed by atoms with E-state index in [1.807, 2.05) is 0 Å². The Bertz CT molecular complexity index is 2690. The highest BCUT2D eigenvalue weighted by atomic mass is 15.0. The minimum absolute atomic E-state index is 1.07. The van der Waals surface area contributed by atoms with Gasteiger partial charge in [0.1, 0.15) is 0 Å². The lowest BCUT2D eigenvalue weighted by Gasteiger charge is -2.14. The lowest BCUT2D eigenvalue weighted by Crippen LogP contribution is -1.99. The predicted octanol–water partition coefficient (Wildman–Crippen LogP) is 11.2. The molecule has 0 spiro atoms. The molecule has 0 radical (unpaired) electrons. The minimum atomic E-state index is 1.07. The van der Waals surface area contributed by atoms with E-state index in [0.29, 0.717) is 0 Å². The van der Waals surface area contributed by atoms with Gasteiger partial charge in [-0.05, 0) is 67.4 Å². The molecule has 0 amide bonds. The van der Waals surface area contributed by atoms with E-state index in [1.54, 1.807) is 0 Å². The number of fused-ring (bicyclic) bond motifs is 10. The summed E-state index contributed by atoms with van der Waals surface area (Å²) in [6.45, 7) is 0. The van der Waals surface area contributed by atoms with Crippen molar-refractivity contribution in [1.29, 1.82) is 0 Å². The molecule has 3 nitrogen and oxygen atoms in total. The first kappa shape index (κ1) is 24.6. The van der Waals surface area contributed by atoms with Crippen LogP contribution in [0.4, 0.5) is 0 Å². The molecular weight excluding hydrogens is 546 g/mol. The summed E-state index contributed by atoms with van der Waals surface area (Å²) >= 11 is 0. The molecule has 6 aromatic carbocycles. The Balaban J connectivity index is 1.37. The highest BCUT2D eigenvalue weighted by molar-refractivity contribution is 6.24. The van der Waals surface area contributed by atoms with Crippen LogP contribution in [0, 0.1) is 0 Å². The Labute approximate surface area is 260 Å². The van der Waals surface area contributed by atoms with E-state index >= 15 is 0 Å². The maximum atomic E-state index is 2.50. The summed E-state index contributed by atoms with van der Waals surface area (Å²) in [6, 6.07) is 48.9. The van der Waals surface area contributed by atoms with Crippen LogP contribution in [-0.2, 0) is 0 Å². The molecule has 0 unspecified atom stereocenters. The average Bonchev–Trinajstić information content (AvgIpc) is 3.74. The SMILES string of the molecule is C1=CC(n2c3ccccc3c3cc(-n4c5ccccc5c5ccc6c7ccccc7n(-c7ccccc7)c6c54)ccc32)=CCC1. The zero-order chi connectivity index (χ0) is 29.5. The molecule has 0 bridgehead atoms. The van der Waals surface area contributed by atoms with Gasteiger partial charge in [-0.1, -0.05) is 97.1 Å². The maximum Gasteiger partial charge on any atom is 0.0788 e. The molecule has 0 N–H and O–H groups in total. The Morgan fingerprint density at radius 1 is 0.378 bits per heavy atom. The highest BCUT2D eigenvalue weighted by Crippen LogP contribution is 2.42. The van der Waals surface area contributed by atoms with Crippen LogP contribution in [0.15, 0.2) is 152 Å². The van der Waals surface area contributed by atoms with Crippen LogP contribution in [-0.4, -0.2) is 13.7 Å². The number of hydrogen-bond donors (Lipinski definition) is 0. The van der Waals surface area contributed by atoms with Crippen LogP contribution in [0.3, 0.4) is 0 Å². The molecule has 9 aromatic rings. The molecule has 212 valence electrons. The van der Waals surface area contributed by atoms with Crippen molar-refractivity contribution in [1.82, 2.24) is 13.7 Å². The van der Waals surface area contributed by atoms with E-state index in [0.717, 1.165) is 12.8 Å². The van der Waals surface area contributed by atoms with Gasteiger partial charge in [0.15, 0.2) is 0 Å². The van der Waals surface area contributed by atoms with Gasteiger partial charge in [-0.2, -0.15) is 0 Å². The van der Waals surface area contributed by atoms with Gasteiger partial charge < -0.3 is 13.7 Å². The second kappa shape index (κ2) is 9.35. The van der Waals surface area contributed by atoms with Crippen molar-refractivity contribution in [2.45, 2.75) is 12.8 Å². The average molecular weight is 576 g/mol. The van der Waals surface area contributed by atoms with Gasteiger partial charge in [-0.25, -0.2) is 0 Å². The van der Waals surface area contributed by atoms with E-state index < -0.39 is 0 Å². The fraction of sp³-hybridized carbons (Fsp3) is 0.0476. The molecular formula is C42H29N3. The molecule has 45 heavy (non-hydrogen) atoms. The molecule has 1 aliphatic rings. The van der Waals surface area contributed by atoms with Crippen molar-refractivity contribution in [3.8, 4) is 11.4 Å². The first-order chi connectivity index (χ1) is 22.4. The predicted molar refractivity (Wildman–Crippen MR) is 191 cm³/mol. The third-order valence-corrected chi connectivity index (χ3v) is 9.63. The van der Waals surface area contributed by atoms with Gasteiger partial charge in [0.05, 0.1) is 33.1 Å². The number of aromatic nitrogens is 3. The fourth-order valence-corrected chi connectivity index (χ4v) is 7.76. The summed E-state index contributed by atoms with van der Waals surface area (Å²) in [4.78, 5) is 0. The van der Waals surface area contributed by atoms with Crippen molar-refractivity contribution in [2.24, 2.45) is 0 Å². The molecule has 1 aliphatic carbocycles. The molecule has 0 aliphatic heterocycles. The molecule has 0 saturated carbocycles. The van der Waals surface area contributed by atoms with Crippen molar-refractivity contribution < 1.29 is 0 Å². The molecule has 10 rings (SSSR count). The number of allylic oxidation sites excluding steroid dienone is 4. The van der Waals surface area contributed by atoms with Crippen LogP contribution in [0.2, 0.25) is 0 Å². The molecule has 0 atom stereocenters. The Morgan fingerprint density at radius 2 is 0.911 bits per heavy atom. The number of benzene rings is 6. The fourth-order valence-electron chi connectivity index (χ4n) is 7.76. The first-order valence-electron chi connectivity index (χ1n) is 15.8. The number of nitrogens with zero attached hydrogens (tertiary/aromatic N) is 3. The summed E-state index contributed by atoms with van der Waals surface area (Å²) in [5, 5.41) is 7.60. The van der Waals surface area contributed by atoms with Crippen LogP contribution in [0.1, 0.15) is 12.8 Å². The van der Waals surface area contributed by atoms with Crippen molar-refractivity contribution in [2.75, 3.05) is 0 Å². The van der Waals surface area contributed by atoms with Crippen LogP contribution in [0.5, 0.6) is 0 Å². The second-order valence-corrected chi connectivity index (χ2v) is 12.1. The lowest BCUT2D eigenvalue weighted by atomic mass is 10.1. The van der Waals surface area contributed by atoms with Gasteiger partial charge in [0.2, 0.25) is 0 Å². The van der Waals surface area contributed by atoms with E-state index in [4.69, 9.17) is 0 Å². The van der Waals surface area contributed by atoms with E-state index in [2.05, 4.69) is 165 Å². The lowest BCUT2D eigenvalue weighted by molar-refractivity contribution is 1.02. The van der Waals surface area contributed by atoms with E-state index in [9.17, 15) is 0 Å². The van der Waals surface area contributed by atoms with Gasteiger partial charge in [0, 0.05) is 49.4 Å². The summed E-state index contributed by atoms with van der Waals surface area (Å²) < 4.78 is 7.38. The second-order valence-electron chi connectivity index (χ2n) is 12.1. The van der Waals surface area contributed by atoms with E-state index in [1.165, 1.54) is 82.5 Å². The summed E-state index contributed by atoms with van der Waals surface area (Å²) in [5.74, 6) is 0. The van der Waals surface area contributed by atoms with Gasteiger partial charge >= 0.3 is 0 Å². The van der Waals surface area contributed by atoms with Crippen LogP contribution >= 0.6 is 0 Å². The quantitative estimate of drug-likeness (QED) is 0.199. The maximum absolute atomic E-state index is 2.50. The monoisotopic (exact) mass is 575 g/mol. The first-order valence-corrected chi connectivity index (χ1v) is 15.8. The van der Waals surface area contributed by atoms with Crippen molar-refractivity contribution in [3.63, 3.8) is 0 Å². The zero-order valence-corrected chi connectivity index (χ0v) is 24.7. The third-order valence-electron chi connectivity index (χ3n) is 9.63. The zero-order valence-electron chi connectivity index (χ0n) is 24.7. The molecule has 0 saturated heterocycles. The van der Waals surface area contributed by atoms with Crippen molar-refractivity contribution >= 4 is 71.1 Å². The van der Waals surface area contributed by atoms with Gasteiger partial charge in [-0.3, -0.25) is 0 Å². The topological polar surface area (TPSA) is 14.8 Å². The van der Waals surface area contributed by atoms with Crippen molar-refractivity contribution in [3.05, 3.63) is 152 Å². The molecule has 3 heterocycles. The summed E-state index contributed by atoms with van der Waals surface area (Å²) in [6.07, 6.45) is 9.11. The normalized spacial score (nSPS) is 13.6. The summed E-state index contributed by atoms with van der Waals surface area (Å²) in [7, 11) is 0. The molecule has 3 heteroatoms. The Kier molecular flexibility index (Phi) is 5.11. The van der Waals surface area contributed by atoms with E-state index in [-0.39, 0.29) is 0 Å². The van der Waals surface area contributed by atoms with Gasteiger partial charge in [0.25, 0.3) is 0 Å². The summed E-state index contributed by atoms with van der Waals surface area (Å²) in [5.41, 5.74) is 11.0. The van der Waals surface area contributed by atoms with Crippen LogP contribution in [0.25, 0.3) is 82.5 Å². The molecule has 0 fully saturated rings. The third kappa shape index (κ3) is 3.41. The number of rotatable bonds is 3. The smallest absolute Gasteiger partial charge is 0.0788 e. The largest absolute Gasteiger partial charge is 0.310 e. The van der Waals surface area contributed by atoms with Crippen LogP contribution < -0.4 is 0 Å². The standard InChI is InChI=1S/C42H29N3/c1-3-13-28(14-4-1)43-37-20-10-9-19-33(37)36-27-30(23-26-40(36)43)45-39-22-12-8-18-32(39)35-25-24-34-31-17-7-11-21-38(31)44(41(34)42(35)45)29-15-5-2-6-16-29/h2-3,5-27H,1,4H2. The Morgan fingerprint density at radius 3 is 1.53 bits per heavy atom. The molecule has 3 aromatic heterocycles. The minimum Gasteiger partial charge on any atom is -0.310 e. The number of para-hydroxylation sites is 4. The Hall–Kier alpha value is -5.80.